The number of pyridine rings is 1. The van der Waals surface area contributed by atoms with Gasteiger partial charge in [0, 0.05) is 15.8 Å². The molecule has 0 atom stereocenters. The van der Waals surface area contributed by atoms with E-state index in [9.17, 15) is 14.4 Å². The van der Waals surface area contributed by atoms with E-state index in [1.807, 2.05) is 41.8 Å². The van der Waals surface area contributed by atoms with Gasteiger partial charge in [0.1, 0.15) is 0 Å². The van der Waals surface area contributed by atoms with E-state index in [1.54, 1.807) is 32.1 Å². The highest BCUT2D eigenvalue weighted by Crippen LogP contribution is 2.38. The fourth-order valence-electron chi connectivity index (χ4n) is 3.80. The van der Waals surface area contributed by atoms with E-state index < -0.39 is 30.1 Å². The monoisotopic (exact) mass is 463 g/mol. The molecule has 3 amide bonds. The fraction of sp³-hybridized carbons (Fsp3) is 0.280. The molecule has 1 aliphatic carbocycles. The number of fused-ring (bicyclic) bond motifs is 2. The lowest BCUT2D eigenvalue weighted by Gasteiger charge is -2.20. The average Bonchev–Trinajstić information content (AvgIpc) is 3.39. The van der Waals surface area contributed by atoms with Crippen LogP contribution in [-0.4, -0.2) is 35.0 Å². The second kappa shape index (κ2) is 9.15. The molecule has 2 aromatic heterocycles. The van der Waals surface area contributed by atoms with E-state index in [0.29, 0.717) is 22.9 Å². The molecular weight excluding hydrogens is 438 g/mol. The molecule has 2 N–H and O–H groups in total. The second-order valence-corrected chi connectivity index (χ2v) is 9.82. The summed E-state index contributed by atoms with van der Waals surface area (Å²) in [7, 11) is 0. The van der Waals surface area contributed by atoms with Gasteiger partial charge in [-0.25, -0.2) is 14.6 Å². The van der Waals surface area contributed by atoms with Crippen molar-refractivity contribution in [3.63, 3.8) is 0 Å². The number of nitrogens with one attached hydrogen (secondary N) is 2. The summed E-state index contributed by atoms with van der Waals surface area (Å²) in [6, 6.07) is 10.8. The van der Waals surface area contributed by atoms with Gasteiger partial charge in [0.2, 0.25) is 0 Å². The zero-order valence-electron chi connectivity index (χ0n) is 18.7. The van der Waals surface area contributed by atoms with E-state index in [4.69, 9.17) is 9.72 Å². The number of imide groups is 1. The molecule has 1 aromatic carbocycles. The first-order chi connectivity index (χ1) is 15.7. The van der Waals surface area contributed by atoms with Gasteiger partial charge in [0.25, 0.3) is 5.91 Å². The second-order valence-electron chi connectivity index (χ2n) is 8.84. The highest BCUT2D eigenvalue weighted by molar-refractivity contribution is 7.10. The number of ether oxygens (including phenoxy) is 1. The molecule has 8 heteroatoms. The molecular formula is C25H25N3O4S. The van der Waals surface area contributed by atoms with E-state index in [1.165, 1.54) is 0 Å². The minimum Gasteiger partial charge on any atom is -0.452 e. The Morgan fingerprint density at radius 1 is 1.12 bits per heavy atom. The number of nitrogens with zero attached hydrogens (tertiary/aromatic N) is 1. The molecule has 0 unspecified atom stereocenters. The third-order valence-corrected chi connectivity index (χ3v) is 5.90. The zero-order valence-corrected chi connectivity index (χ0v) is 19.5. The van der Waals surface area contributed by atoms with E-state index >= 15 is 0 Å². The largest absolute Gasteiger partial charge is 0.452 e. The number of carbonyl (C=O) groups excluding carboxylic acids is 3. The first kappa shape index (κ1) is 22.7. The molecule has 0 spiro atoms. The lowest BCUT2D eigenvalue weighted by Crippen LogP contribution is -2.49. The predicted molar refractivity (Wildman–Crippen MR) is 129 cm³/mol. The first-order valence-corrected chi connectivity index (χ1v) is 11.5. The van der Waals surface area contributed by atoms with Gasteiger partial charge in [-0.1, -0.05) is 24.3 Å². The van der Waals surface area contributed by atoms with Crippen LogP contribution in [0.15, 0.2) is 41.8 Å². The number of para-hydroxylation sites is 1. The Bertz CT molecular complexity index is 1260. The van der Waals surface area contributed by atoms with Gasteiger partial charge < -0.3 is 10.1 Å². The zero-order chi connectivity index (χ0) is 23.6. The lowest BCUT2D eigenvalue weighted by atomic mass is 10.0. The van der Waals surface area contributed by atoms with Crippen molar-refractivity contribution in [3.05, 3.63) is 63.5 Å². The molecule has 7 nitrogen and oxygen atoms in total. The van der Waals surface area contributed by atoms with Crippen molar-refractivity contribution in [1.82, 2.24) is 15.6 Å². The van der Waals surface area contributed by atoms with Crippen LogP contribution < -0.4 is 10.6 Å². The lowest BCUT2D eigenvalue weighted by molar-refractivity contribution is -0.123. The SMILES string of the molecule is CC(C)(C)NC(=O)NC(=O)COC(=O)c1c2c(nc3ccccc13)/C(=C/c1cccs1)CC2. The number of aromatic nitrogens is 1. The normalized spacial score (nSPS) is 14.2. The molecule has 0 aliphatic heterocycles. The molecule has 0 bridgehead atoms. The van der Waals surface area contributed by atoms with Crippen molar-refractivity contribution in [2.45, 2.75) is 39.2 Å². The quantitative estimate of drug-likeness (QED) is 0.553. The minimum atomic E-state index is -0.696. The van der Waals surface area contributed by atoms with Gasteiger partial charge in [-0.2, -0.15) is 0 Å². The number of rotatable bonds is 4. The Balaban J connectivity index is 1.58. The van der Waals surface area contributed by atoms with Crippen LogP contribution in [0.2, 0.25) is 0 Å². The number of hydrogen-bond donors (Lipinski definition) is 2. The predicted octanol–water partition coefficient (Wildman–Crippen LogP) is 4.56. The summed E-state index contributed by atoms with van der Waals surface area (Å²) in [5.74, 6) is -1.30. The number of thiophene rings is 1. The number of allylic oxidation sites excluding steroid dienone is 1. The maximum atomic E-state index is 13.1. The summed E-state index contributed by atoms with van der Waals surface area (Å²) >= 11 is 1.65. The third kappa shape index (κ3) is 5.28. The van der Waals surface area contributed by atoms with Gasteiger partial charge in [-0.05, 0) is 68.3 Å². The van der Waals surface area contributed by atoms with Crippen molar-refractivity contribution >= 4 is 51.8 Å². The van der Waals surface area contributed by atoms with Crippen molar-refractivity contribution < 1.29 is 19.1 Å². The topological polar surface area (TPSA) is 97.4 Å². The van der Waals surface area contributed by atoms with Crippen molar-refractivity contribution in [1.29, 1.82) is 0 Å². The molecule has 3 aromatic rings. The summed E-state index contributed by atoms with van der Waals surface area (Å²) in [5.41, 5.74) is 3.32. The van der Waals surface area contributed by atoms with Crippen molar-refractivity contribution in [2.24, 2.45) is 0 Å². The molecule has 0 saturated carbocycles. The molecule has 0 saturated heterocycles. The third-order valence-electron chi connectivity index (χ3n) is 5.08. The summed E-state index contributed by atoms with van der Waals surface area (Å²) in [4.78, 5) is 43.1. The molecule has 170 valence electrons. The van der Waals surface area contributed by atoms with Crippen LogP contribution in [0.1, 0.15) is 53.7 Å². The van der Waals surface area contributed by atoms with Crippen LogP contribution in [0.3, 0.4) is 0 Å². The van der Waals surface area contributed by atoms with Crippen LogP contribution in [-0.2, 0) is 16.0 Å². The fourth-order valence-corrected chi connectivity index (χ4v) is 4.48. The average molecular weight is 464 g/mol. The number of hydrogen-bond acceptors (Lipinski definition) is 6. The Hall–Kier alpha value is -3.52. The van der Waals surface area contributed by atoms with Gasteiger partial charge >= 0.3 is 12.0 Å². The molecule has 2 heterocycles. The summed E-state index contributed by atoms with van der Waals surface area (Å²) < 4.78 is 5.32. The highest BCUT2D eigenvalue weighted by atomic mass is 32.1. The van der Waals surface area contributed by atoms with Gasteiger partial charge in [0.05, 0.1) is 16.8 Å². The van der Waals surface area contributed by atoms with Crippen LogP contribution >= 0.6 is 11.3 Å². The highest BCUT2D eigenvalue weighted by Gasteiger charge is 2.28. The Labute approximate surface area is 195 Å². The maximum absolute atomic E-state index is 13.1. The number of amides is 3. The number of carbonyl (C=O) groups is 3. The summed E-state index contributed by atoms with van der Waals surface area (Å²) in [6.45, 7) is 4.84. The van der Waals surface area contributed by atoms with Crippen LogP contribution in [0.25, 0.3) is 22.6 Å². The minimum absolute atomic E-state index is 0.428. The maximum Gasteiger partial charge on any atom is 0.339 e. The van der Waals surface area contributed by atoms with Crippen molar-refractivity contribution in [2.75, 3.05) is 6.61 Å². The number of benzene rings is 1. The van der Waals surface area contributed by atoms with Gasteiger partial charge in [0.15, 0.2) is 6.61 Å². The Kier molecular flexibility index (Phi) is 6.29. The smallest absolute Gasteiger partial charge is 0.339 e. The Morgan fingerprint density at radius 3 is 2.64 bits per heavy atom. The van der Waals surface area contributed by atoms with E-state index in [0.717, 1.165) is 28.1 Å². The molecule has 0 fully saturated rings. The van der Waals surface area contributed by atoms with Crippen LogP contribution in [0.5, 0.6) is 0 Å². The van der Waals surface area contributed by atoms with E-state index in [2.05, 4.69) is 16.7 Å². The van der Waals surface area contributed by atoms with Gasteiger partial charge in [-0.15, -0.1) is 11.3 Å². The molecule has 33 heavy (non-hydrogen) atoms. The number of urea groups is 1. The number of esters is 1. The van der Waals surface area contributed by atoms with Crippen molar-refractivity contribution in [3.8, 4) is 0 Å². The molecule has 1 aliphatic rings. The Morgan fingerprint density at radius 2 is 1.91 bits per heavy atom. The molecule has 0 radical (unpaired) electrons. The first-order valence-electron chi connectivity index (χ1n) is 10.7. The van der Waals surface area contributed by atoms with E-state index in [-0.39, 0.29) is 0 Å². The standard InChI is InChI=1S/C25H25N3O4S/c1-25(2,3)28-24(31)27-20(29)14-32-23(30)21-17-8-4-5-9-19(17)26-22-15(10-11-18(21)22)13-16-7-6-12-33-16/h4-9,12-13H,10-11,14H2,1-3H3,(H2,27,28,29,31)/b15-13+. The summed E-state index contributed by atoms with van der Waals surface area (Å²) in [6.07, 6.45) is 3.54. The van der Waals surface area contributed by atoms with Crippen LogP contribution in [0, 0.1) is 0 Å². The van der Waals surface area contributed by atoms with Crippen LogP contribution in [0.4, 0.5) is 4.79 Å². The molecule has 4 rings (SSSR count). The summed E-state index contributed by atoms with van der Waals surface area (Å²) in [5, 5.41) is 7.51. The van der Waals surface area contributed by atoms with Gasteiger partial charge in [-0.3, -0.25) is 10.1 Å².